The number of hydrogen-bond acceptors (Lipinski definition) is 3. The third-order valence-electron chi connectivity index (χ3n) is 2.41. The molecule has 0 spiro atoms. The lowest BCUT2D eigenvalue weighted by molar-refractivity contribution is -0.129. The molecule has 0 saturated carbocycles. The summed E-state index contributed by atoms with van der Waals surface area (Å²) < 4.78 is 4.68. The molecule has 0 bridgehead atoms. The number of hydrogen-bond donors (Lipinski definition) is 1. The van der Waals surface area contributed by atoms with E-state index in [0.717, 1.165) is 25.4 Å². The Morgan fingerprint density at radius 1 is 1.42 bits per heavy atom. The van der Waals surface area contributed by atoms with Gasteiger partial charge in [0.1, 0.15) is 0 Å². The van der Waals surface area contributed by atoms with E-state index in [4.69, 9.17) is 0 Å². The van der Waals surface area contributed by atoms with Crippen molar-refractivity contribution in [1.29, 1.82) is 0 Å². The molecule has 1 N–H and O–H groups in total. The van der Waals surface area contributed by atoms with Crippen LogP contribution in [-0.4, -0.2) is 26.2 Å². The van der Waals surface area contributed by atoms with Crippen LogP contribution in [0.5, 0.6) is 0 Å². The van der Waals surface area contributed by atoms with E-state index in [1.54, 1.807) is 0 Å². The smallest absolute Gasteiger partial charge is 0.293 e. The number of carbonyl (C=O) groups excluding carboxylic acids is 1. The molecule has 1 aliphatic rings. The highest BCUT2D eigenvalue weighted by Crippen LogP contribution is 2.16. The summed E-state index contributed by atoms with van der Waals surface area (Å²) in [6, 6.07) is 0. The van der Waals surface area contributed by atoms with Gasteiger partial charge in [-0.3, -0.25) is 4.79 Å². The monoisotopic (exact) mass is 171 g/mol. The predicted molar refractivity (Wildman–Crippen MR) is 46.8 cm³/mol. The highest BCUT2D eigenvalue weighted by molar-refractivity contribution is 5.36. The fourth-order valence-electron chi connectivity index (χ4n) is 1.66. The number of ether oxygens (including phenoxy) is 1. The van der Waals surface area contributed by atoms with Gasteiger partial charge < -0.3 is 10.1 Å². The minimum absolute atomic E-state index is 0.537. The lowest BCUT2D eigenvalue weighted by Crippen LogP contribution is -2.14. The van der Waals surface area contributed by atoms with E-state index in [1.165, 1.54) is 19.3 Å². The average molecular weight is 171 g/mol. The Hall–Kier alpha value is -0.570. The van der Waals surface area contributed by atoms with Crippen LogP contribution in [0.1, 0.15) is 25.7 Å². The van der Waals surface area contributed by atoms with Gasteiger partial charge in [0.05, 0.1) is 6.61 Å². The summed E-state index contributed by atoms with van der Waals surface area (Å²) in [7, 11) is 0. The molecule has 1 fully saturated rings. The van der Waals surface area contributed by atoms with Crippen LogP contribution in [-0.2, 0) is 9.53 Å². The summed E-state index contributed by atoms with van der Waals surface area (Å²) in [5.41, 5.74) is 0. The molecule has 0 aromatic heterocycles. The highest BCUT2D eigenvalue weighted by Gasteiger charge is 2.11. The Labute approximate surface area is 73.5 Å². The summed E-state index contributed by atoms with van der Waals surface area (Å²) in [4.78, 5) is 9.88. The third-order valence-corrected chi connectivity index (χ3v) is 2.41. The van der Waals surface area contributed by atoms with Crippen molar-refractivity contribution >= 4 is 6.47 Å². The Morgan fingerprint density at radius 2 is 2.33 bits per heavy atom. The molecule has 0 amide bonds. The molecule has 70 valence electrons. The van der Waals surface area contributed by atoms with Crippen molar-refractivity contribution in [2.45, 2.75) is 25.7 Å². The molecule has 1 rings (SSSR count). The van der Waals surface area contributed by atoms with Crippen LogP contribution in [0.4, 0.5) is 0 Å². The van der Waals surface area contributed by atoms with Gasteiger partial charge in [-0.15, -0.1) is 0 Å². The van der Waals surface area contributed by atoms with Gasteiger partial charge in [0.25, 0.3) is 6.47 Å². The van der Waals surface area contributed by atoms with Crippen molar-refractivity contribution in [3.63, 3.8) is 0 Å². The molecule has 1 heterocycles. The molecular formula is C9H17NO2. The maximum absolute atomic E-state index is 9.88. The normalized spacial score (nSPS) is 24.5. The summed E-state index contributed by atoms with van der Waals surface area (Å²) in [6.07, 6.45) is 4.78. The summed E-state index contributed by atoms with van der Waals surface area (Å²) in [6.45, 7) is 3.39. The molecule has 1 saturated heterocycles. The fourth-order valence-corrected chi connectivity index (χ4v) is 1.66. The fraction of sp³-hybridized carbons (Fsp3) is 0.889. The SMILES string of the molecule is O=COCCC1CCCNCC1. The molecule has 3 heteroatoms. The molecule has 1 unspecified atom stereocenters. The van der Waals surface area contributed by atoms with Crippen LogP contribution >= 0.6 is 0 Å². The van der Waals surface area contributed by atoms with Crippen molar-refractivity contribution in [3.05, 3.63) is 0 Å². The average Bonchev–Trinajstić information content (AvgIpc) is 2.33. The molecule has 12 heavy (non-hydrogen) atoms. The van der Waals surface area contributed by atoms with Gasteiger partial charge in [-0.1, -0.05) is 0 Å². The zero-order valence-electron chi connectivity index (χ0n) is 7.42. The molecule has 0 radical (unpaired) electrons. The molecule has 0 aliphatic carbocycles. The maximum Gasteiger partial charge on any atom is 0.293 e. The minimum Gasteiger partial charge on any atom is -0.468 e. The van der Waals surface area contributed by atoms with Crippen LogP contribution in [0, 0.1) is 5.92 Å². The first-order chi connectivity index (χ1) is 5.93. The standard InChI is InChI=1S/C9H17NO2/c11-8-12-7-4-9-2-1-5-10-6-3-9/h8-10H,1-7H2. The lowest BCUT2D eigenvalue weighted by atomic mass is 9.98. The highest BCUT2D eigenvalue weighted by atomic mass is 16.5. The first-order valence-electron chi connectivity index (χ1n) is 4.69. The van der Waals surface area contributed by atoms with Crippen LogP contribution < -0.4 is 5.32 Å². The van der Waals surface area contributed by atoms with Crippen molar-refractivity contribution in [1.82, 2.24) is 5.32 Å². The van der Waals surface area contributed by atoms with Gasteiger partial charge in [-0.25, -0.2) is 0 Å². The van der Waals surface area contributed by atoms with Crippen molar-refractivity contribution in [2.24, 2.45) is 5.92 Å². The second kappa shape index (κ2) is 6.00. The molecule has 3 nitrogen and oxygen atoms in total. The Kier molecular flexibility index (Phi) is 4.76. The van der Waals surface area contributed by atoms with E-state index in [9.17, 15) is 4.79 Å². The minimum atomic E-state index is 0.537. The molecular weight excluding hydrogens is 154 g/mol. The Balaban J connectivity index is 2.07. The van der Waals surface area contributed by atoms with E-state index < -0.39 is 0 Å². The van der Waals surface area contributed by atoms with Crippen LogP contribution in [0.25, 0.3) is 0 Å². The second-order valence-corrected chi connectivity index (χ2v) is 3.30. The summed E-state index contributed by atoms with van der Waals surface area (Å²) in [5, 5.41) is 3.36. The molecule has 0 aromatic carbocycles. The van der Waals surface area contributed by atoms with Crippen molar-refractivity contribution < 1.29 is 9.53 Å². The van der Waals surface area contributed by atoms with Crippen molar-refractivity contribution in [3.8, 4) is 0 Å². The molecule has 1 aliphatic heterocycles. The maximum atomic E-state index is 9.88. The zero-order chi connectivity index (χ0) is 8.65. The van der Waals surface area contributed by atoms with Gasteiger partial charge in [-0.2, -0.15) is 0 Å². The quantitative estimate of drug-likeness (QED) is 0.505. The van der Waals surface area contributed by atoms with E-state index >= 15 is 0 Å². The third kappa shape index (κ3) is 3.72. The van der Waals surface area contributed by atoms with Crippen LogP contribution in [0.2, 0.25) is 0 Å². The van der Waals surface area contributed by atoms with E-state index in [-0.39, 0.29) is 0 Å². The van der Waals surface area contributed by atoms with Gasteiger partial charge in [-0.05, 0) is 44.7 Å². The predicted octanol–water partition coefficient (Wildman–Crippen LogP) is 0.939. The number of rotatable bonds is 4. The lowest BCUT2D eigenvalue weighted by Gasteiger charge is -2.11. The van der Waals surface area contributed by atoms with Crippen LogP contribution in [0.3, 0.4) is 0 Å². The van der Waals surface area contributed by atoms with Gasteiger partial charge in [0.15, 0.2) is 0 Å². The van der Waals surface area contributed by atoms with Crippen LogP contribution in [0.15, 0.2) is 0 Å². The zero-order valence-corrected chi connectivity index (χ0v) is 7.42. The largest absolute Gasteiger partial charge is 0.468 e. The van der Waals surface area contributed by atoms with E-state index in [0.29, 0.717) is 13.1 Å². The summed E-state index contributed by atoms with van der Waals surface area (Å²) >= 11 is 0. The molecule has 0 aromatic rings. The second-order valence-electron chi connectivity index (χ2n) is 3.30. The first kappa shape index (κ1) is 9.52. The first-order valence-corrected chi connectivity index (χ1v) is 4.69. The van der Waals surface area contributed by atoms with Gasteiger partial charge >= 0.3 is 0 Å². The number of carbonyl (C=O) groups is 1. The number of nitrogens with one attached hydrogen (secondary N) is 1. The molecule has 1 atom stereocenters. The van der Waals surface area contributed by atoms with E-state index in [2.05, 4.69) is 10.1 Å². The van der Waals surface area contributed by atoms with E-state index in [1.807, 2.05) is 0 Å². The van der Waals surface area contributed by atoms with Crippen molar-refractivity contribution in [2.75, 3.05) is 19.7 Å². The van der Waals surface area contributed by atoms with Gasteiger partial charge in [0, 0.05) is 0 Å². The Bertz CT molecular complexity index is 120. The topological polar surface area (TPSA) is 38.3 Å². The Morgan fingerprint density at radius 3 is 3.17 bits per heavy atom. The van der Waals surface area contributed by atoms with Gasteiger partial charge in [0.2, 0.25) is 0 Å². The summed E-state index contributed by atoms with van der Waals surface area (Å²) in [5.74, 6) is 0.750.